The van der Waals surface area contributed by atoms with E-state index in [0.29, 0.717) is 5.56 Å². The number of hydrogen-bond acceptors (Lipinski definition) is 4. The van der Waals surface area contributed by atoms with Crippen molar-refractivity contribution in [1.82, 2.24) is 5.32 Å². The molecule has 0 radical (unpaired) electrons. The van der Waals surface area contributed by atoms with Crippen LogP contribution in [0.15, 0.2) is 30.3 Å². The number of hydrogen-bond donors (Lipinski definition) is 4. The zero-order chi connectivity index (χ0) is 14.0. The van der Waals surface area contributed by atoms with Gasteiger partial charge in [-0.3, -0.25) is 14.9 Å². The summed E-state index contributed by atoms with van der Waals surface area (Å²) in [6.45, 7) is -0.626. The lowest BCUT2D eigenvalue weighted by molar-refractivity contribution is -0.137. The molecular weight excluding hydrogens is 242 g/mol. The van der Waals surface area contributed by atoms with Crippen LogP contribution in [0.2, 0.25) is 0 Å². The summed E-state index contributed by atoms with van der Waals surface area (Å²) in [4.78, 5) is 29.7. The van der Waals surface area contributed by atoms with E-state index in [2.05, 4.69) is 5.32 Å². The molecule has 0 spiro atoms. The van der Waals surface area contributed by atoms with Crippen molar-refractivity contribution < 1.29 is 29.7 Å². The number of benzene rings is 1. The van der Waals surface area contributed by atoms with Crippen LogP contribution in [0.5, 0.6) is 0 Å². The number of carboxylic acids is 3. The van der Waals surface area contributed by atoms with Crippen LogP contribution >= 0.6 is 0 Å². The van der Waals surface area contributed by atoms with E-state index >= 15 is 0 Å². The molecule has 18 heavy (non-hydrogen) atoms. The van der Waals surface area contributed by atoms with Crippen LogP contribution < -0.4 is 5.32 Å². The van der Waals surface area contributed by atoms with Gasteiger partial charge in [-0.1, -0.05) is 18.2 Å². The molecule has 4 N–H and O–H groups in total. The van der Waals surface area contributed by atoms with Gasteiger partial charge in [0.25, 0.3) is 0 Å². The maximum atomic E-state index is 10.2. The molecule has 1 rings (SSSR count). The van der Waals surface area contributed by atoms with Crippen molar-refractivity contribution >= 4 is 17.9 Å². The average Bonchev–Trinajstić information content (AvgIpc) is 2.30. The van der Waals surface area contributed by atoms with Crippen LogP contribution in [0.4, 0.5) is 0 Å². The van der Waals surface area contributed by atoms with Crippen molar-refractivity contribution in [3.63, 3.8) is 0 Å². The molecule has 0 bridgehead atoms. The number of carbonyl (C=O) groups is 3. The molecule has 98 valence electrons. The molecule has 0 heterocycles. The summed E-state index contributed by atoms with van der Waals surface area (Å²) in [5, 5.41) is 26.5. The fraction of sp³-hybridized carbons (Fsp3) is 0.182. The average molecular weight is 255 g/mol. The van der Waals surface area contributed by atoms with E-state index in [4.69, 9.17) is 15.3 Å². The Morgan fingerprint density at radius 2 is 1.33 bits per heavy atom. The van der Waals surface area contributed by atoms with Crippen molar-refractivity contribution in [2.24, 2.45) is 0 Å². The second kappa shape index (κ2) is 8.71. The van der Waals surface area contributed by atoms with Gasteiger partial charge in [0.05, 0.1) is 18.7 Å². The van der Waals surface area contributed by atoms with E-state index < -0.39 is 17.9 Å². The van der Waals surface area contributed by atoms with E-state index in [1.807, 2.05) is 0 Å². The van der Waals surface area contributed by atoms with Crippen LogP contribution in [-0.2, 0) is 9.59 Å². The number of carboxylic acid groups (broad SMARTS) is 3. The highest BCUT2D eigenvalue weighted by Gasteiger charge is 1.97. The topological polar surface area (TPSA) is 124 Å². The van der Waals surface area contributed by atoms with Crippen molar-refractivity contribution in [1.29, 1.82) is 0 Å². The largest absolute Gasteiger partial charge is 0.480 e. The van der Waals surface area contributed by atoms with E-state index in [1.54, 1.807) is 30.3 Å². The van der Waals surface area contributed by atoms with Crippen molar-refractivity contribution in [2.45, 2.75) is 0 Å². The fourth-order valence-electron chi connectivity index (χ4n) is 0.857. The molecular formula is C11H13NO6. The van der Waals surface area contributed by atoms with Gasteiger partial charge in [0.15, 0.2) is 0 Å². The molecule has 0 aliphatic heterocycles. The number of aliphatic carboxylic acids is 2. The first kappa shape index (κ1) is 15.6. The second-order valence-electron chi connectivity index (χ2n) is 3.06. The van der Waals surface area contributed by atoms with Gasteiger partial charge in [-0.05, 0) is 12.1 Å². The van der Waals surface area contributed by atoms with Crippen LogP contribution in [-0.4, -0.2) is 46.3 Å². The van der Waals surface area contributed by atoms with Crippen LogP contribution in [0.25, 0.3) is 0 Å². The van der Waals surface area contributed by atoms with Crippen LogP contribution in [0.1, 0.15) is 10.4 Å². The summed E-state index contributed by atoms with van der Waals surface area (Å²) in [6.07, 6.45) is 0. The molecule has 7 nitrogen and oxygen atoms in total. The minimum atomic E-state index is -1.06. The minimum Gasteiger partial charge on any atom is -0.480 e. The van der Waals surface area contributed by atoms with Crippen LogP contribution in [0.3, 0.4) is 0 Å². The zero-order valence-corrected chi connectivity index (χ0v) is 9.37. The SMILES string of the molecule is O=C(O)CNCC(=O)O.O=C(O)c1ccccc1. The standard InChI is InChI=1S/C7H6O2.C4H7NO4/c8-7(9)6-4-2-1-3-5-6;6-3(7)1-5-2-4(8)9/h1-5H,(H,8,9);5H,1-2H2,(H,6,7)(H,8,9). The molecule has 0 saturated heterocycles. The Morgan fingerprint density at radius 1 is 0.889 bits per heavy atom. The number of nitrogens with one attached hydrogen (secondary N) is 1. The summed E-state index contributed by atoms with van der Waals surface area (Å²) >= 11 is 0. The highest BCUT2D eigenvalue weighted by Crippen LogP contribution is 1.96. The van der Waals surface area contributed by atoms with Crippen molar-refractivity contribution in [3.8, 4) is 0 Å². The van der Waals surface area contributed by atoms with Crippen molar-refractivity contribution in [3.05, 3.63) is 35.9 Å². The number of rotatable bonds is 5. The molecule has 0 unspecified atom stereocenters. The maximum Gasteiger partial charge on any atom is 0.335 e. The predicted octanol–water partition coefficient (Wildman–Crippen LogP) is 0.130. The highest BCUT2D eigenvalue weighted by molar-refractivity contribution is 5.87. The molecule has 0 saturated carbocycles. The van der Waals surface area contributed by atoms with Gasteiger partial charge in [0.2, 0.25) is 0 Å². The van der Waals surface area contributed by atoms with Crippen LogP contribution in [0, 0.1) is 0 Å². The first-order valence-corrected chi connectivity index (χ1v) is 4.86. The molecule has 0 aliphatic carbocycles. The van der Waals surface area contributed by atoms with E-state index in [9.17, 15) is 14.4 Å². The summed E-state index contributed by atoms with van der Waals surface area (Å²) in [5.74, 6) is -3.00. The van der Waals surface area contributed by atoms with Gasteiger partial charge in [-0.25, -0.2) is 4.79 Å². The Labute approximate surface area is 103 Å². The number of aromatic carboxylic acids is 1. The molecule has 7 heteroatoms. The Hall–Kier alpha value is -2.41. The third-order valence-electron chi connectivity index (χ3n) is 1.57. The van der Waals surface area contributed by atoms with Gasteiger partial charge in [-0.15, -0.1) is 0 Å². The molecule has 0 atom stereocenters. The Kier molecular flexibility index (Phi) is 7.54. The molecule has 0 fully saturated rings. The molecule has 0 aliphatic rings. The fourth-order valence-corrected chi connectivity index (χ4v) is 0.857. The Balaban J connectivity index is 0.000000321. The molecule has 0 amide bonds. The zero-order valence-electron chi connectivity index (χ0n) is 9.37. The second-order valence-corrected chi connectivity index (χ2v) is 3.06. The third kappa shape index (κ3) is 8.86. The molecule has 1 aromatic carbocycles. The summed E-state index contributed by atoms with van der Waals surface area (Å²) in [5.41, 5.74) is 0.331. The Morgan fingerprint density at radius 3 is 1.61 bits per heavy atom. The van der Waals surface area contributed by atoms with E-state index in [1.165, 1.54) is 0 Å². The van der Waals surface area contributed by atoms with Gasteiger partial charge >= 0.3 is 17.9 Å². The van der Waals surface area contributed by atoms with Gasteiger partial charge in [-0.2, -0.15) is 0 Å². The maximum absolute atomic E-state index is 10.2. The lowest BCUT2D eigenvalue weighted by Gasteiger charge is -1.93. The molecule has 1 aromatic rings. The van der Waals surface area contributed by atoms with E-state index in [-0.39, 0.29) is 13.1 Å². The monoisotopic (exact) mass is 255 g/mol. The Bertz CT molecular complexity index is 389. The first-order chi connectivity index (χ1) is 8.43. The normalized spacial score (nSPS) is 8.89. The smallest absolute Gasteiger partial charge is 0.335 e. The third-order valence-corrected chi connectivity index (χ3v) is 1.57. The minimum absolute atomic E-state index is 0.313. The lowest BCUT2D eigenvalue weighted by atomic mass is 10.2. The van der Waals surface area contributed by atoms with Gasteiger partial charge < -0.3 is 15.3 Å². The van der Waals surface area contributed by atoms with Gasteiger partial charge in [0, 0.05) is 0 Å². The van der Waals surface area contributed by atoms with E-state index in [0.717, 1.165) is 0 Å². The first-order valence-electron chi connectivity index (χ1n) is 4.86. The summed E-state index contributed by atoms with van der Waals surface area (Å²) < 4.78 is 0. The summed E-state index contributed by atoms with van der Waals surface area (Å²) in [7, 11) is 0. The lowest BCUT2D eigenvalue weighted by Crippen LogP contribution is -2.27. The highest BCUT2D eigenvalue weighted by atomic mass is 16.4. The summed E-state index contributed by atoms with van der Waals surface area (Å²) in [6, 6.07) is 8.30. The predicted molar refractivity (Wildman–Crippen MR) is 61.5 cm³/mol. The van der Waals surface area contributed by atoms with Gasteiger partial charge in [0.1, 0.15) is 0 Å². The molecule has 0 aromatic heterocycles. The van der Waals surface area contributed by atoms with Crippen molar-refractivity contribution in [2.75, 3.05) is 13.1 Å². The quantitative estimate of drug-likeness (QED) is 0.589.